The van der Waals surface area contributed by atoms with Gasteiger partial charge in [0.2, 0.25) is 5.95 Å². The number of nitrogens with one attached hydrogen (secondary N) is 3. The second-order valence-corrected chi connectivity index (χ2v) is 9.51. The predicted octanol–water partition coefficient (Wildman–Crippen LogP) is 3.97. The third-order valence-corrected chi connectivity index (χ3v) is 5.77. The zero-order chi connectivity index (χ0) is 25.9. The molecule has 1 fully saturated rings. The van der Waals surface area contributed by atoms with E-state index in [1.807, 2.05) is 20.8 Å². The topological polar surface area (TPSA) is 149 Å². The van der Waals surface area contributed by atoms with E-state index in [1.165, 1.54) is 19.5 Å². The van der Waals surface area contributed by atoms with Gasteiger partial charge < -0.3 is 25.4 Å². The molecule has 188 valence electrons. The Morgan fingerprint density at radius 3 is 2.64 bits per heavy atom. The van der Waals surface area contributed by atoms with Crippen molar-refractivity contribution in [3.63, 3.8) is 0 Å². The number of allylic oxidation sites excluding steroid dienone is 1. The van der Waals surface area contributed by atoms with Gasteiger partial charge in [0.05, 0.1) is 19.0 Å². The molecule has 36 heavy (non-hydrogen) atoms. The lowest BCUT2D eigenvalue weighted by atomic mass is 9.93. The molecule has 1 saturated heterocycles. The van der Waals surface area contributed by atoms with E-state index in [-0.39, 0.29) is 17.2 Å². The molecule has 11 nitrogen and oxygen atoms in total. The molecule has 1 aliphatic rings. The zero-order valence-electron chi connectivity index (χ0n) is 20.8. The highest BCUT2D eigenvalue weighted by Crippen LogP contribution is 2.31. The van der Waals surface area contributed by atoms with Crippen LogP contribution in [0.4, 0.5) is 17.5 Å². The first-order valence-corrected chi connectivity index (χ1v) is 11.6. The van der Waals surface area contributed by atoms with Gasteiger partial charge in [0.25, 0.3) is 5.91 Å². The quantitative estimate of drug-likeness (QED) is 0.229. The third-order valence-electron chi connectivity index (χ3n) is 5.77. The summed E-state index contributed by atoms with van der Waals surface area (Å²) in [4.78, 5) is 32.7. The summed E-state index contributed by atoms with van der Waals surface area (Å²) in [5.74, 6) is 0.844. The Kier molecular flexibility index (Phi) is 7.00. The molecule has 1 aromatic carbocycles. The molecule has 0 atom stereocenters. The number of aliphatic hydroxyl groups excluding tert-OH is 1. The van der Waals surface area contributed by atoms with Gasteiger partial charge in [0.1, 0.15) is 34.7 Å². The second kappa shape index (κ2) is 10.1. The number of carbonyl (C=O) groups is 1. The molecule has 0 spiro atoms. The number of nitrogens with zero attached hydrogens (tertiary/aromatic N) is 5. The molecule has 0 unspecified atom stereocenters. The van der Waals surface area contributed by atoms with Crippen molar-refractivity contribution < 1.29 is 14.6 Å². The summed E-state index contributed by atoms with van der Waals surface area (Å²) in [6.45, 7) is 7.25. The standard InChI is InChI=1S/C25H30N8O3/c1-25(2,3)19(34)12-20(26)31-23(35)15-7-8-18(36-4)16(11-15)30-22-21-17(28-14-29-22)13-27-24(32-21)33-9-5-6-10-33/h7-8,11-14,34H,5-6,9-10H2,1-4H3,(H2,26,31,35)(H,28,29,30)/b19-12-. The normalized spacial score (nSPS) is 14.1. The fourth-order valence-electron chi connectivity index (χ4n) is 3.66. The van der Waals surface area contributed by atoms with E-state index in [0.717, 1.165) is 25.9 Å². The molecule has 0 bridgehead atoms. The average Bonchev–Trinajstić information content (AvgIpc) is 3.38. The molecule has 0 aliphatic carbocycles. The number of aromatic nitrogens is 4. The van der Waals surface area contributed by atoms with Gasteiger partial charge in [-0.05, 0) is 31.0 Å². The third kappa shape index (κ3) is 5.51. The maximum absolute atomic E-state index is 12.8. The molecule has 1 aliphatic heterocycles. The molecule has 0 radical (unpaired) electrons. The Balaban J connectivity index is 1.61. The van der Waals surface area contributed by atoms with Gasteiger partial charge in [-0.2, -0.15) is 0 Å². The lowest BCUT2D eigenvalue weighted by Crippen LogP contribution is -2.29. The molecule has 2 aromatic heterocycles. The zero-order valence-corrected chi connectivity index (χ0v) is 20.8. The van der Waals surface area contributed by atoms with Gasteiger partial charge in [-0.1, -0.05) is 20.8 Å². The van der Waals surface area contributed by atoms with Crippen LogP contribution < -0.4 is 20.3 Å². The first kappa shape index (κ1) is 24.8. The van der Waals surface area contributed by atoms with Crippen molar-refractivity contribution in [2.45, 2.75) is 33.6 Å². The van der Waals surface area contributed by atoms with Gasteiger partial charge in [-0.15, -0.1) is 0 Å². The number of aliphatic hydroxyl groups is 1. The molecule has 1 amide bonds. The van der Waals surface area contributed by atoms with Gasteiger partial charge >= 0.3 is 0 Å². The fraction of sp³-hybridized carbons (Fsp3) is 0.360. The number of rotatable bonds is 6. The first-order valence-electron chi connectivity index (χ1n) is 11.6. The van der Waals surface area contributed by atoms with Gasteiger partial charge in [0, 0.05) is 30.1 Å². The monoisotopic (exact) mass is 490 g/mol. The van der Waals surface area contributed by atoms with E-state index in [4.69, 9.17) is 15.1 Å². The summed E-state index contributed by atoms with van der Waals surface area (Å²) >= 11 is 0. The largest absolute Gasteiger partial charge is 0.512 e. The molecule has 4 rings (SSSR count). The molecule has 3 aromatic rings. The Hall–Kier alpha value is -4.28. The Bertz CT molecular complexity index is 1330. The number of carbonyl (C=O) groups excluding carboxylic acids is 1. The lowest BCUT2D eigenvalue weighted by molar-refractivity contribution is 0.0977. The summed E-state index contributed by atoms with van der Waals surface area (Å²) in [5.41, 5.74) is 1.38. The predicted molar refractivity (Wildman–Crippen MR) is 138 cm³/mol. The van der Waals surface area contributed by atoms with Crippen LogP contribution in [0.15, 0.2) is 42.6 Å². The van der Waals surface area contributed by atoms with E-state index < -0.39 is 11.3 Å². The number of methoxy groups -OCH3 is 1. The van der Waals surface area contributed by atoms with Crippen LogP contribution in [0.2, 0.25) is 0 Å². The van der Waals surface area contributed by atoms with E-state index in [0.29, 0.717) is 34.2 Å². The van der Waals surface area contributed by atoms with E-state index in [2.05, 4.69) is 30.5 Å². The summed E-state index contributed by atoms with van der Waals surface area (Å²) < 4.78 is 5.48. The minimum atomic E-state index is -0.535. The van der Waals surface area contributed by atoms with E-state index in [1.54, 1.807) is 24.4 Å². The Morgan fingerprint density at radius 2 is 1.94 bits per heavy atom. The number of benzene rings is 1. The molecule has 11 heteroatoms. The van der Waals surface area contributed by atoms with Crippen LogP contribution in [0.25, 0.3) is 11.0 Å². The van der Waals surface area contributed by atoms with Crippen molar-refractivity contribution >= 4 is 40.2 Å². The highest BCUT2D eigenvalue weighted by atomic mass is 16.5. The minimum Gasteiger partial charge on any atom is -0.512 e. The summed E-state index contributed by atoms with van der Waals surface area (Å²) in [5, 5.41) is 23.8. The second-order valence-electron chi connectivity index (χ2n) is 9.51. The van der Waals surface area contributed by atoms with Crippen molar-refractivity contribution in [2.75, 3.05) is 30.4 Å². The number of ether oxygens (including phenoxy) is 1. The molecule has 0 saturated carbocycles. The number of hydrogen-bond acceptors (Lipinski definition) is 10. The highest BCUT2D eigenvalue weighted by molar-refractivity contribution is 6.09. The number of fused-ring (bicyclic) bond motifs is 1. The van der Waals surface area contributed by atoms with Crippen LogP contribution in [-0.4, -0.2) is 57.0 Å². The minimum absolute atomic E-state index is 0.00387. The van der Waals surface area contributed by atoms with Crippen LogP contribution in [-0.2, 0) is 0 Å². The van der Waals surface area contributed by atoms with Crippen molar-refractivity contribution in [3.8, 4) is 5.75 Å². The highest BCUT2D eigenvalue weighted by Gasteiger charge is 2.19. The van der Waals surface area contributed by atoms with Crippen molar-refractivity contribution in [1.82, 2.24) is 25.3 Å². The van der Waals surface area contributed by atoms with Crippen LogP contribution in [0.3, 0.4) is 0 Å². The van der Waals surface area contributed by atoms with E-state index >= 15 is 0 Å². The summed E-state index contributed by atoms with van der Waals surface area (Å²) in [7, 11) is 1.53. The van der Waals surface area contributed by atoms with Crippen molar-refractivity contribution in [3.05, 3.63) is 48.1 Å². The van der Waals surface area contributed by atoms with Crippen LogP contribution in [0, 0.1) is 10.8 Å². The number of amidine groups is 1. The Morgan fingerprint density at radius 1 is 1.19 bits per heavy atom. The fourth-order valence-corrected chi connectivity index (χ4v) is 3.66. The maximum atomic E-state index is 12.8. The number of anilines is 3. The first-order chi connectivity index (χ1) is 17.2. The average molecular weight is 491 g/mol. The summed E-state index contributed by atoms with van der Waals surface area (Å²) in [6, 6.07) is 4.84. The van der Waals surface area contributed by atoms with Crippen LogP contribution in [0.5, 0.6) is 5.75 Å². The van der Waals surface area contributed by atoms with E-state index in [9.17, 15) is 9.90 Å². The van der Waals surface area contributed by atoms with Crippen LogP contribution >= 0.6 is 0 Å². The SMILES string of the molecule is COc1ccc(C(=O)NC(=N)/C=C(\O)C(C)(C)C)cc1Nc1ncnc2cnc(N3CCCC3)nc12. The smallest absolute Gasteiger partial charge is 0.256 e. The van der Waals surface area contributed by atoms with Gasteiger partial charge in [0.15, 0.2) is 5.82 Å². The van der Waals surface area contributed by atoms with Crippen molar-refractivity contribution in [2.24, 2.45) is 5.41 Å². The maximum Gasteiger partial charge on any atom is 0.256 e. The molecular weight excluding hydrogens is 460 g/mol. The van der Waals surface area contributed by atoms with Gasteiger partial charge in [-0.3, -0.25) is 10.2 Å². The molecule has 3 heterocycles. The van der Waals surface area contributed by atoms with Crippen LogP contribution in [0.1, 0.15) is 44.0 Å². The summed E-state index contributed by atoms with van der Waals surface area (Å²) in [6.07, 6.45) is 6.53. The van der Waals surface area contributed by atoms with Gasteiger partial charge in [-0.25, -0.2) is 19.9 Å². The molecular formula is C25H30N8O3. The lowest BCUT2D eigenvalue weighted by Gasteiger charge is -2.17. The van der Waals surface area contributed by atoms with Crippen molar-refractivity contribution in [1.29, 1.82) is 5.41 Å². The molecule has 4 N–H and O–H groups in total. The Labute approximate surface area is 209 Å². The number of hydrogen-bond donors (Lipinski definition) is 4. The number of amides is 1.